The summed E-state index contributed by atoms with van der Waals surface area (Å²) in [5.41, 5.74) is -0.447. The Morgan fingerprint density at radius 2 is 1.38 bits per heavy atom. The third-order valence-corrected chi connectivity index (χ3v) is 4.51. The van der Waals surface area contributed by atoms with Gasteiger partial charge in [0.2, 0.25) is 0 Å². The van der Waals surface area contributed by atoms with Crippen molar-refractivity contribution in [2.24, 2.45) is 0 Å². The Hall–Kier alpha value is -1.53. The third-order valence-electron chi connectivity index (χ3n) is 3.51. The zero-order valence-corrected chi connectivity index (χ0v) is 14.3. The topological polar surface area (TPSA) is 9.23 Å². The van der Waals surface area contributed by atoms with Crippen LogP contribution < -0.4 is 0 Å². The quantitative estimate of drug-likeness (QED) is 0.447. The molecule has 2 aromatic rings. The van der Waals surface area contributed by atoms with Crippen LogP contribution in [0.3, 0.4) is 0 Å². The fraction of sp³-hybridized carbons (Fsp3) is 0.333. The van der Waals surface area contributed by atoms with Crippen LogP contribution >= 0.6 is 11.8 Å². The van der Waals surface area contributed by atoms with Gasteiger partial charge in [-0.3, -0.25) is 0 Å². The van der Waals surface area contributed by atoms with Crippen molar-refractivity contribution in [1.29, 1.82) is 0 Å². The van der Waals surface area contributed by atoms with Gasteiger partial charge in [-0.15, -0.1) is 0 Å². The monoisotopic (exact) mass is 358 g/mol. The van der Waals surface area contributed by atoms with Gasteiger partial charge in [-0.25, -0.2) is 0 Å². The molecule has 0 aliphatic rings. The molecule has 2 aromatic carbocycles. The second-order valence-corrected chi connectivity index (χ2v) is 7.06. The fourth-order valence-corrected chi connectivity index (χ4v) is 3.13. The summed E-state index contributed by atoms with van der Waals surface area (Å²) in [7, 11) is 0. The summed E-state index contributed by atoms with van der Waals surface area (Å²) in [4.78, 5) is 0.0412. The van der Waals surface area contributed by atoms with Crippen molar-refractivity contribution >= 4 is 11.8 Å². The number of rotatable bonds is 6. The predicted octanol–water partition coefficient (Wildman–Crippen LogP) is 6.22. The van der Waals surface area contributed by atoms with Crippen LogP contribution in [0.15, 0.2) is 59.5 Å². The van der Waals surface area contributed by atoms with E-state index in [1.807, 2.05) is 0 Å². The Labute approximate surface area is 143 Å². The van der Waals surface area contributed by atoms with Crippen LogP contribution in [-0.4, -0.2) is 11.4 Å². The predicted molar refractivity (Wildman–Crippen MR) is 87.5 cm³/mol. The first-order valence-electron chi connectivity index (χ1n) is 7.31. The lowest BCUT2D eigenvalue weighted by atomic mass is 9.93. The number of hydrogen-bond donors (Lipinski definition) is 0. The highest BCUT2D eigenvalue weighted by molar-refractivity contribution is 8.00. The highest BCUT2D eigenvalue weighted by Gasteiger charge is 2.61. The Morgan fingerprint density at radius 3 is 1.96 bits per heavy atom. The summed E-state index contributed by atoms with van der Waals surface area (Å²) < 4.78 is 61.3. The molecule has 0 saturated heterocycles. The van der Waals surface area contributed by atoms with E-state index in [9.17, 15) is 17.6 Å². The van der Waals surface area contributed by atoms with Gasteiger partial charge in [-0.1, -0.05) is 42.5 Å². The lowest BCUT2D eigenvalue weighted by Gasteiger charge is -2.35. The Bertz CT molecular complexity index is 686. The molecule has 0 saturated carbocycles. The SMILES string of the molecule is Cc1ccccc1C(C)(C)OC(F)(F)C(F)(F)Sc1ccccc1. The van der Waals surface area contributed by atoms with Gasteiger partial charge in [0.15, 0.2) is 0 Å². The van der Waals surface area contributed by atoms with E-state index in [0.717, 1.165) is 0 Å². The maximum atomic E-state index is 14.2. The summed E-state index contributed by atoms with van der Waals surface area (Å²) in [5, 5.41) is -4.41. The zero-order chi connectivity index (χ0) is 18.0. The first-order valence-corrected chi connectivity index (χ1v) is 8.13. The molecule has 0 atom stereocenters. The molecule has 0 bridgehead atoms. The van der Waals surface area contributed by atoms with Gasteiger partial charge < -0.3 is 4.74 Å². The van der Waals surface area contributed by atoms with Crippen molar-refractivity contribution in [2.75, 3.05) is 0 Å². The maximum absolute atomic E-state index is 14.2. The zero-order valence-electron chi connectivity index (χ0n) is 13.5. The second-order valence-electron chi connectivity index (χ2n) is 5.88. The molecule has 0 amide bonds. The molecule has 6 heteroatoms. The summed E-state index contributed by atoms with van der Waals surface area (Å²) in [6.45, 7) is 4.43. The van der Waals surface area contributed by atoms with Crippen molar-refractivity contribution in [1.82, 2.24) is 0 Å². The van der Waals surface area contributed by atoms with Crippen molar-refractivity contribution in [3.63, 3.8) is 0 Å². The molecule has 0 aliphatic heterocycles. The van der Waals surface area contributed by atoms with Crippen molar-refractivity contribution in [3.8, 4) is 0 Å². The normalized spacial score (nSPS) is 13.1. The Morgan fingerprint density at radius 1 is 0.833 bits per heavy atom. The molecule has 0 aromatic heterocycles. The van der Waals surface area contributed by atoms with Gasteiger partial charge in [0.05, 0.1) is 5.60 Å². The minimum Gasteiger partial charge on any atom is -0.304 e. The maximum Gasteiger partial charge on any atom is 0.430 e. The van der Waals surface area contributed by atoms with Crippen molar-refractivity contribution < 1.29 is 22.3 Å². The number of ether oxygens (including phenoxy) is 1. The van der Waals surface area contributed by atoms with Gasteiger partial charge in [0, 0.05) is 4.90 Å². The fourth-order valence-electron chi connectivity index (χ4n) is 2.38. The van der Waals surface area contributed by atoms with E-state index in [1.165, 1.54) is 38.1 Å². The average Bonchev–Trinajstić information content (AvgIpc) is 2.46. The lowest BCUT2D eigenvalue weighted by molar-refractivity contribution is -0.352. The lowest BCUT2D eigenvalue weighted by Crippen LogP contribution is -2.45. The van der Waals surface area contributed by atoms with Crippen LogP contribution in [0.1, 0.15) is 25.0 Å². The summed E-state index contributed by atoms with van der Waals surface area (Å²) in [6, 6.07) is 14.0. The molecule has 0 unspecified atom stereocenters. The van der Waals surface area contributed by atoms with Crippen LogP contribution in [0.4, 0.5) is 17.6 Å². The molecule has 24 heavy (non-hydrogen) atoms. The van der Waals surface area contributed by atoms with Crippen LogP contribution in [0.2, 0.25) is 0 Å². The van der Waals surface area contributed by atoms with Gasteiger partial charge in [-0.2, -0.15) is 17.6 Å². The molecule has 0 spiro atoms. The van der Waals surface area contributed by atoms with Gasteiger partial charge >= 0.3 is 11.4 Å². The number of thioether (sulfide) groups is 1. The van der Waals surface area contributed by atoms with E-state index in [0.29, 0.717) is 11.1 Å². The van der Waals surface area contributed by atoms with E-state index in [1.54, 1.807) is 37.3 Å². The first kappa shape index (κ1) is 18.8. The Balaban J connectivity index is 2.24. The number of alkyl halides is 4. The highest BCUT2D eigenvalue weighted by atomic mass is 32.2. The molecule has 0 heterocycles. The van der Waals surface area contributed by atoms with E-state index < -0.39 is 17.0 Å². The molecular weight excluding hydrogens is 340 g/mol. The van der Waals surface area contributed by atoms with Gasteiger partial charge in [0.25, 0.3) is 0 Å². The molecule has 2 rings (SSSR count). The summed E-state index contributed by atoms with van der Waals surface area (Å²) >= 11 is -0.215. The second kappa shape index (κ2) is 6.76. The van der Waals surface area contributed by atoms with Crippen molar-refractivity contribution in [3.05, 3.63) is 65.7 Å². The van der Waals surface area contributed by atoms with E-state index in [4.69, 9.17) is 0 Å². The number of benzene rings is 2. The largest absolute Gasteiger partial charge is 0.430 e. The van der Waals surface area contributed by atoms with Crippen LogP contribution in [0.25, 0.3) is 0 Å². The molecular formula is C18H18F4OS. The number of aryl methyl sites for hydroxylation is 1. The molecule has 0 fully saturated rings. The van der Waals surface area contributed by atoms with Gasteiger partial charge in [0.1, 0.15) is 0 Å². The Kier molecular flexibility index (Phi) is 5.30. The molecule has 0 N–H and O–H groups in total. The van der Waals surface area contributed by atoms with E-state index in [2.05, 4.69) is 4.74 Å². The standard InChI is InChI=1S/C18H18F4OS/c1-13-9-7-8-12-15(13)16(2,3)23-17(19,20)18(21,22)24-14-10-5-4-6-11-14/h4-12H,1-3H3. The first-order chi connectivity index (χ1) is 11.1. The smallest absolute Gasteiger partial charge is 0.304 e. The van der Waals surface area contributed by atoms with Gasteiger partial charge in [-0.05, 0) is 55.8 Å². The molecule has 1 nitrogen and oxygen atoms in total. The van der Waals surface area contributed by atoms with E-state index in [-0.39, 0.29) is 16.7 Å². The summed E-state index contributed by atoms with van der Waals surface area (Å²) in [6.07, 6.45) is -4.64. The minimum absolute atomic E-state index is 0.0412. The minimum atomic E-state index is -4.64. The van der Waals surface area contributed by atoms with E-state index >= 15 is 0 Å². The molecule has 130 valence electrons. The number of hydrogen-bond acceptors (Lipinski definition) is 2. The highest BCUT2D eigenvalue weighted by Crippen LogP contribution is 2.50. The molecule has 0 aliphatic carbocycles. The average molecular weight is 358 g/mol. The van der Waals surface area contributed by atoms with Crippen LogP contribution in [0, 0.1) is 6.92 Å². The van der Waals surface area contributed by atoms with Crippen LogP contribution in [-0.2, 0) is 10.3 Å². The van der Waals surface area contributed by atoms with Crippen LogP contribution in [0.5, 0.6) is 0 Å². The molecule has 0 radical (unpaired) electrons. The number of halogens is 4. The third kappa shape index (κ3) is 4.11. The van der Waals surface area contributed by atoms with Crippen molar-refractivity contribution in [2.45, 2.75) is 42.6 Å². The summed E-state index contributed by atoms with van der Waals surface area (Å²) in [5.74, 6) is 0.